The van der Waals surface area contributed by atoms with Crippen molar-refractivity contribution in [2.45, 2.75) is 6.42 Å². The van der Waals surface area contributed by atoms with E-state index in [0.717, 1.165) is 6.07 Å². The van der Waals surface area contributed by atoms with Gasteiger partial charge >= 0.3 is 5.97 Å². The number of nitrogens with one attached hydrogen (secondary N) is 1. The quantitative estimate of drug-likeness (QED) is 0.591. The predicted octanol–water partition coefficient (Wildman–Crippen LogP) is -0.421. The van der Waals surface area contributed by atoms with Gasteiger partial charge in [0.1, 0.15) is 11.6 Å². The Balaban J connectivity index is 3.34. The summed E-state index contributed by atoms with van der Waals surface area (Å²) in [5.41, 5.74) is -0.856. The molecule has 1 aromatic rings. The molecule has 72 valence electrons. The lowest BCUT2D eigenvalue weighted by Crippen LogP contribution is -2.11. The molecule has 1 rings (SSSR count). The zero-order valence-electron chi connectivity index (χ0n) is 6.94. The van der Waals surface area contributed by atoms with Gasteiger partial charge in [0.15, 0.2) is 0 Å². The van der Waals surface area contributed by atoms with Crippen LogP contribution >= 0.6 is 0 Å². The zero-order chi connectivity index (χ0) is 10.7. The summed E-state index contributed by atoms with van der Waals surface area (Å²) in [6.45, 7) is 0. The summed E-state index contributed by atoms with van der Waals surface area (Å²) in [6.07, 6.45) is -0.472. The van der Waals surface area contributed by atoms with Gasteiger partial charge in [0.25, 0.3) is 5.56 Å². The summed E-state index contributed by atoms with van der Waals surface area (Å²) < 4.78 is 0. The lowest BCUT2D eigenvalue weighted by Gasteiger charge is -2.01. The van der Waals surface area contributed by atoms with Crippen LogP contribution < -0.4 is 5.56 Å². The lowest BCUT2D eigenvalue weighted by molar-refractivity contribution is -0.136. The van der Waals surface area contributed by atoms with Crippen LogP contribution in [-0.2, 0) is 11.2 Å². The van der Waals surface area contributed by atoms with E-state index in [0.29, 0.717) is 0 Å². The first-order valence-electron chi connectivity index (χ1n) is 3.61. The number of rotatable bonds is 2. The second kappa shape index (κ2) is 3.62. The number of pyridine rings is 1. The molecule has 0 atom stereocenters. The van der Waals surface area contributed by atoms with E-state index in [1.807, 2.05) is 4.98 Å². The van der Waals surface area contributed by atoms with Crippen LogP contribution in [0.3, 0.4) is 0 Å². The zero-order valence-corrected chi connectivity index (χ0v) is 6.94. The number of aromatic amines is 1. The number of nitrogens with zero attached hydrogens (tertiary/aromatic N) is 1. The molecule has 1 heterocycles. The molecule has 0 fully saturated rings. The van der Waals surface area contributed by atoms with Crippen LogP contribution in [0.2, 0.25) is 0 Å². The molecule has 14 heavy (non-hydrogen) atoms. The Morgan fingerprint density at radius 2 is 2.29 bits per heavy atom. The number of carboxylic acids is 1. The van der Waals surface area contributed by atoms with E-state index in [1.165, 1.54) is 0 Å². The third kappa shape index (κ3) is 1.90. The molecule has 1 aromatic heterocycles. The van der Waals surface area contributed by atoms with E-state index in [9.17, 15) is 9.59 Å². The fourth-order valence-corrected chi connectivity index (χ4v) is 1.02. The number of nitriles is 1. The molecular weight excluding hydrogens is 188 g/mol. The van der Waals surface area contributed by atoms with Crippen molar-refractivity contribution in [3.05, 3.63) is 27.5 Å². The molecule has 0 amide bonds. The topological polar surface area (TPSA) is 114 Å². The van der Waals surface area contributed by atoms with Gasteiger partial charge in [-0.15, -0.1) is 0 Å². The minimum atomic E-state index is -1.17. The molecule has 0 unspecified atom stereocenters. The van der Waals surface area contributed by atoms with Crippen LogP contribution in [-0.4, -0.2) is 21.2 Å². The molecule has 0 aliphatic heterocycles. The van der Waals surface area contributed by atoms with Crippen molar-refractivity contribution < 1.29 is 15.0 Å². The number of aliphatic carboxylic acids is 1. The van der Waals surface area contributed by atoms with Crippen molar-refractivity contribution in [3.63, 3.8) is 0 Å². The van der Waals surface area contributed by atoms with E-state index in [2.05, 4.69) is 0 Å². The van der Waals surface area contributed by atoms with Crippen molar-refractivity contribution >= 4 is 5.97 Å². The second-order valence-corrected chi connectivity index (χ2v) is 2.56. The Kier molecular flexibility index (Phi) is 2.53. The number of carboxylic acid groups (broad SMARTS) is 1. The second-order valence-electron chi connectivity index (χ2n) is 2.56. The Morgan fingerprint density at radius 1 is 1.64 bits per heavy atom. The van der Waals surface area contributed by atoms with Gasteiger partial charge in [-0.25, -0.2) is 0 Å². The molecule has 0 saturated carbocycles. The molecule has 0 radical (unpaired) electrons. The van der Waals surface area contributed by atoms with Gasteiger partial charge in [-0.3, -0.25) is 14.6 Å². The molecule has 6 heteroatoms. The monoisotopic (exact) mass is 194 g/mol. The number of carbonyl (C=O) groups is 1. The van der Waals surface area contributed by atoms with Crippen molar-refractivity contribution in [1.82, 2.24) is 4.98 Å². The first kappa shape index (κ1) is 9.80. The summed E-state index contributed by atoms with van der Waals surface area (Å²) in [7, 11) is 0. The predicted molar refractivity (Wildman–Crippen MR) is 44.8 cm³/mol. The van der Waals surface area contributed by atoms with Crippen LogP contribution in [0.1, 0.15) is 11.1 Å². The largest absolute Gasteiger partial charge is 0.494 e. The van der Waals surface area contributed by atoms with Crippen LogP contribution in [0.15, 0.2) is 10.9 Å². The first-order chi connectivity index (χ1) is 6.54. The number of aromatic nitrogens is 1. The fourth-order valence-electron chi connectivity index (χ4n) is 1.02. The number of H-pyrrole nitrogens is 1. The number of hydrogen-bond donors (Lipinski definition) is 3. The standard InChI is InChI=1S/C8H6N2O4/c9-3-5-4(2-7(12)13)1-6(11)10-8(5)14/h1H,2H2,(H,12,13)(H2,10,11,14). The minimum absolute atomic E-state index is 0.00116. The van der Waals surface area contributed by atoms with E-state index in [-0.39, 0.29) is 11.1 Å². The summed E-state index contributed by atoms with van der Waals surface area (Å²) in [6, 6.07) is 2.59. The third-order valence-corrected chi connectivity index (χ3v) is 1.56. The molecule has 0 aliphatic rings. The average molecular weight is 194 g/mol. The van der Waals surface area contributed by atoms with E-state index in [1.54, 1.807) is 6.07 Å². The average Bonchev–Trinajstić information content (AvgIpc) is 2.01. The molecular formula is C8H6N2O4. The van der Waals surface area contributed by atoms with E-state index in [4.69, 9.17) is 15.5 Å². The number of aromatic hydroxyl groups is 1. The highest BCUT2D eigenvalue weighted by molar-refractivity contribution is 5.71. The van der Waals surface area contributed by atoms with Crippen LogP contribution in [0.25, 0.3) is 0 Å². The molecule has 0 saturated heterocycles. The summed E-state index contributed by atoms with van der Waals surface area (Å²) >= 11 is 0. The SMILES string of the molecule is N#Cc1c(CC(=O)O)cc(=O)[nH]c1O. The Hall–Kier alpha value is -2.29. The lowest BCUT2D eigenvalue weighted by atomic mass is 10.1. The van der Waals surface area contributed by atoms with Crippen molar-refractivity contribution in [2.24, 2.45) is 0 Å². The van der Waals surface area contributed by atoms with Crippen molar-refractivity contribution in [2.75, 3.05) is 0 Å². The molecule has 0 aromatic carbocycles. The fraction of sp³-hybridized carbons (Fsp3) is 0.125. The van der Waals surface area contributed by atoms with Gasteiger partial charge in [-0.05, 0) is 5.56 Å². The van der Waals surface area contributed by atoms with Gasteiger partial charge in [0.05, 0.1) is 6.42 Å². The smallest absolute Gasteiger partial charge is 0.307 e. The molecule has 0 aliphatic carbocycles. The Morgan fingerprint density at radius 3 is 2.79 bits per heavy atom. The van der Waals surface area contributed by atoms with Crippen molar-refractivity contribution in [1.29, 1.82) is 5.26 Å². The highest BCUT2D eigenvalue weighted by Gasteiger charge is 2.12. The summed E-state index contributed by atoms with van der Waals surface area (Å²) in [5.74, 6) is -1.78. The Labute approximate surface area is 78.0 Å². The summed E-state index contributed by atoms with van der Waals surface area (Å²) in [4.78, 5) is 23.2. The van der Waals surface area contributed by atoms with Crippen molar-refractivity contribution in [3.8, 4) is 11.9 Å². The third-order valence-electron chi connectivity index (χ3n) is 1.56. The highest BCUT2D eigenvalue weighted by Crippen LogP contribution is 2.14. The Bertz CT molecular complexity index is 469. The van der Waals surface area contributed by atoms with Gasteiger partial charge in [0.2, 0.25) is 5.88 Å². The first-order valence-corrected chi connectivity index (χ1v) is 3.61. The molecule has 3 N–H and O–H groups in total. The minimum Gasteiger partial charge on any atom is -0.494 e. The molecule has 0 bridgehead atoms. The molecule has 6 nitrogen and oxygen atoms in total. The van der Waals surface area contributed by atoms with Gasteiger partial charge in [-0.2, -0.15) is 5.26 Å². The van der Waals surface area contributed by atoms with E-state index >= 15 is 0 Å². The molecule has 0 spiro atoms. The van der Waals surface area contributed by atoms with Crippen LogP contribution in [0.5, 0.6) is 5.88 Å². The van der Waals surface area contributed by atoms with Crippen LogP contribution in [0, 0.1) is 11.3 Å². The van der Waals surface area contributed by atoms with Gasteiger partial charge in [0, 0.05) is 6.07 Å². The van der Waals surface area contributed by atoms with Gasteiger partial charge < -0.3 is 10.2 Å². The number of hydrogen-bond acceptors (Lipinski definition) is 4. The van der Waals surface area contributed by atoms with Crippen LogP contribution in [0.4, 0.5) is 0 Å². The highest BCUT2D eigenvalue weighted by atomic mass is 16.4. The maximum atomic E-state index is 10.8. The normalized spacial score (nSPS) is 9.36. The maximum absolute atomic E-state index is 10.8. The summed E-state index contributed by atoms with van der Waals surface area (Å²) in [5, 5.41) is 26.2. The maximum Gasteiger partial charge on any atom is 0.307 e. The van der Waals surface area contributed by atoms with Gasteiger partial charge in [-0.1, -0.05) is 0 Å². The van der Waals surface area contributed by atoms with E-state index < -0.39 is 23.8 Å².